The van der Waals surface area contributed by atoms with Crippen molar-refractivity contribution in [3.8, 4) is 5.75 Å². The van der Waals surface area contributed by atoms with Crippen LogP contribution in [0.5, 0.6) is 5.75 Å². The second-order valence-corrected chi connectivity index (χ2v) is 4.50. The van der Waals surface area contributed by atoms with E-state index in [1.54, 1.807) is 13.0 Å². The van der Waals surface area contributed by atoms with E-state index in [0.717, 1.165) is 12.6 Å². The number of alkyl halides is 3. The van der Waals surface area contributed by atoms with Crippen LogP contribution in [0.2, 0.25) is 0 Å². The lowest BCUT2D eigenvalue weighted by Gasteiger charge is -2.15. The van der Waals surface area contributed by atoms with E-state index < -0.39 is 11.7 Å². The molecular formula is C13H18F3NO. The van der Waals surface area contributed by atoms with Gasteiger partial charge in [-0.1, -0.05) is 11.6 Å². The summed E-state index contributed by atoms with van der Waals surface area (Å²) in [6.45, 7) is 2.70. The largest absolute Gasteiger partial charge is 0.493 e. The Labute approximate surface area is 105 Å². The van der Waals surface area contributed by atoms with Crippen LogP contribution in [0.1, 0.15) is 17.5 Å². The summed E-state index contributed by atoms with van der Waals surface area (Å²) in [6.07, 6.45) is -3.68. The summed E-state index contributed by atoms with van der Waals surface area (Å²) in [5, 5.41) is 0. The van der Waals surface area contributed by atoms with Crippen molar-refractivity contribution in [3.05, 3.63) is 29.3 Å². The summed E-state index contributed by atoms with van der Waals surface area (Å²) < 4.78 is 43.6. The molecule has 1 rings (SSSR count). The van der Waals surface area contributed by atoms with Crippen LogP contribution in [-0.2, 0) is 6.18 Å². The van der Waals surface area contributed by atoms with Gasteiger partial charge in [-0.3, -0.25) is 0 Å². The fourth-order valence-electron chi connectivity index (χ4n) is 1.55. The maximum absolute atomic E-state index is 12.8. The second-order valence-electron chi connectivity index (χ2n) is 4.50. The molecule has 0 spiro atoms. The Kier molecular flexibility index (Phi) is 5.02. The number of halogens is 3. The van der Waals surface area contributed by atoms with E-state index in [0.29, 0.717) is 12.0 Å². The molecule has 0 saturated carbocycles. The molecule has 0 bridgehead atoms. The molecule has 0 saturated heterocycles. The predicted molar refractivity (Wildman–Crippen MR) is 64.8 cm³/mol. The molecule has 0 N–H and O–H groups in total. The molecule has 2 nitrogen and oxygen atoms in total. The Balaban J connectivity index is 2.70. The minimum Gasteiger partial charge on any atom is -0.493 e. The van der Waals surface area contributed by atoms with Crippen molar-refractivity contribution in [3.63, 3.8) is 0 Å². The van der Waals surface area contributed by atoms with Gasteiger partial charge >= 0.3 is 6.18 Å². The van der Waals surface area contributed by atoms with Gasteiger partial charge in [0.25, 0.3) is 0 Å². The third kappa shape index (κ3) is 4.56. The normalized spacial score (nSPS) is 11.9. The van der Waals surface area contributed by atoms with Crippen molar-refractivity contribution in [2.75, 3.05) is 27.2 Å². The molecule has 0 atom stereocenters. The lowest BCUT2D eigenvalue weighted by atomic mass is 10.1. The van der Waals surface area contributed by atoms with Crippen molar-refractivity contribution < 1.29 is 17.9 Å². The molecule has 0 radical (unpaired) electrons. The highest BCUT2D eigenvalue weighted by molar-refractivity contribution is 5.38. The van der Waals surface area contributed by atoms with Crippen molar-refractivity contribution in [1.29, 1.82) is 0 Å². The fourth-order valence-corrected chi connectivity index (χ4v) is 1.55. The molecule has 0 fully saturated rings. The van der Waals surface area contributed by atoms with E-state index in [9.17, 15) is 13.2 Å². The quantitative estimate of drug-likeness (QED) is 0.754. The lowest BCUT2D eigenvalue weighted by Crippen LogP contribution is -2.16. The molecule has 0 amide bonds. The molecule has 102 valence electrons. The first kappa shape index (κ1) is 14.8. The zero-order valence-corrected chi connectivity index (χ0v) is 10.8. The molecule has 18 heavy (non-hydrogen) atoms. The van der Waals surface area contributed by atoms with Gasteiger partial charge in [-0.25, -0.2) is 0 Å². The molecular weight excluding hydrogens is 243 g/mol. The standard InChI is InChI=1S/C13H18F3NO/c1-10-5-6-12(11(9-10)13(14,15)16)18-8-4-7-17(2)3/h5-6,9H,4,7-8H2,1-3H3. The molecule has 0 aliphatic carbocycles. The van der Waals surface area contributed by atoms with Crippen LogP contribution < -0.4 is 4.74 Å². The molecule has 0 aliphatic rings. The maximum atomic E-state index is 12.8. The van der Waals surface area contributed by atoms with Gasteiger partial charge in [-0.15, -0.1) is 0 Å². The third-order valence-corrected chi connectivity index (χ3v) is 2.45. The molecule has 5 heteroatoms. The lowest BCUT2D eigenvalue weighted by molar-refractivity contribution is -0.139. The number of aryl methyl sites for hydroxylation is 1. The van der Waals surface area contributed by atoms with E-state index in [1.165, 1.54) is 6.07 Å². The van der Waals surface area contributed by atoms with E-state index in [1.807, 2.05) is 19.0 Å². The molecule has 1 aromatic carbocycles. The van der Waals surface area contributed by atoms with Gasteiger partial charge in [0.1, 0.15) is 5.75 Å². The SMILES string of the molecule is Cc1ccc(OCCCN(C)C)c(C(F)(F)F)c1. The fraction of sp³-hybridized carbons (Fsp3) is 0.538. The highest BCUT2D eigenvalue weighted by Gasteiger charge is 2.34. The van der Waals surface area contributed by atoms with Crippen LogP contribution in [0.3, 0.4) is 0 Å². The Morgan fingerprint density at radius 1 is 1.22 bits per heavy atom. The highest BCUT2D eigenvalue weighted by Crippen LogP contribution is 2.36. The highest BCUT2D eigenvalue weighted by atomic mass is 19.4. The molecule has 0 aliphatic heterocycles. The van der Waals surface area contributed by atoms with E-state index >= 15 is 0 Å². The third-order valence-electron chi connectivity index (χ3n) is 2.45. The van der Waals surface area contributed by atoms with Crippen LogP contribution in [0.15, 0.2) is 18.2 Å². The van der Waals surface area contributed by atoms with Crippen molar-refractivity contribution in [2.45, 2.75) is 19.5 Å². The van der Waals surface area contributed by atoms with Crippen LogP contribution >= 0.6 is 0 Å². The summed E-state index contributed by atoms with van der Waals surface area (Å²) in [7, 11) is 3.82. The number of nitrogens with zero attached hydrogens (tertiary/aromatic N) is 1. The van der Waals surface area contributed by atoms with Gasteiger partial charge in [0, 0.05) is 6.54 Å². The van der Waals surface area contributed by atoms with Gasteiger partial charge in [-0.05, 0) is 39.6 Å². The van der Waals surface area contributed by atoms with Crippen molar-refractivity contribution >= 4 is 0 Å². The zero-order valence-electron chi connectivity index (χ0n) is 10.8. The molecule has 0 aromatic heterocycles. The average molecular weight is 261 g/mol. The van der Waals surface area contributed by atoms with Crippen LogP contribution in [-0.4, -0.2) is 32.1 Å². The minimum absolute atomic E-state index is 0.0909. The van der Waals surface area contributed by atoms with E-state index in [2.05, 4.69) is 0 Å². The summed E-state index contributed by atoms with van der Waals surface area (Å²) >= 11 is 0. The number of rotatable bonds is 5. The van der Waals surface area contributed by atoms with Gasteiger partial charge in [0.05, 0.1) is 12.2 Å². The first-order chi connectivity index (χ1) is 8.30. The Morgan fingerprint density at radius 2 is 1.89 bits per heavy atom. The molecule has 0 heterocycles. The van der Waals surface area contributed by atoms with Gasteiger partial charge in [-0.2, -0.15) is 13.2 Å². The van der Waals surface area contributed by atoms with Gasteiger partial charge in [0.2, 0.25) is 0 Å². The summed E-state index contributed by atoms with van der Waals surface area (Å²) in [4.78, 5) is 1.96. The number of benzene rings is 1. The summed E-state index contributed by atoms with van der Waals surface area (Å²) in [5.41, 5.74) is -0.129. The van der Waals surface area contributed by atoms with Crippen LogP contribution in [0.25, 0.3) is 0 Å². The number of hydrogen-bond acceptors (Lipinski definition) is 2. The van der Waals surface area contributed by atoms with Crippen molar-refractivity contribution in [2.24, 2.45) is 0 Å². The average Bonchev–Trinajstić information content (AvgIpc) is 2.24. The monoisotopic (exact) mass is 261 g/mol. The first-order valence-corrected chi connectivity index (χ1v) is 5.76. The van der Waals surface area contributed by atoms with E-state index in [4.69, 9.17) is 4.74 Å². The first-order valence-electron chi connectivity index (χ1n) is 5.76. The van der Waals surface area contributed by atoms with Crippen LogP contribution in [0, 0.1) is 6.92 Å². The van der Waals surface area contributed by atoms with Gasteiger partial charge in [0.15, 0.2) is 0 Å². The van der Waals surface area contributed by atoms with Crippen LogP contribution in [0.4, 0.5) is 13.2 Å². The van der Waals surface area contributed by atoms with E-state index in [-0.39, 0.29) is 12.4 Å². The summed E-state index contributed by atoms with van der Waals surface area (Å²) in [5.74, 6) is -0.0909. The molecule has 1 aromatic rings. The summed E-state index contributed by atoms with van der Waals surface area (Å²) in [6, 6.07) is 4.12. The predicted octanol–water partition coefficient (Wildman–Crippen LogP) is 3.34. The minimum atomic E-state index is -4.37. The Morgan fingerprint density at radius 3 is 2.44 bits per heavy atom. The zero-order chi connectivity index (χ0) is 13.8. The maximum Gasteiger partial charge on any atom is 0.419 e. The second kappa shape index (κ2) is 6.09. The Bertz CT molecular complexity index is 388. The molecule has 0 unspecified atom stereocenters. The number of hydrogen-bond donors (Lipinski definition) is 0. The Hall–Kier alpha value is -1.23. The number of ether oxygens (including phenoxy) is 1. The van der Waals surface area contributed by atoms with Gasteiger partial charge < -0.3 is 9.64 Å². The van der Waals surface area contributed by atoms with Crippen molar-refractivity contribution in [1.82, 2.24) is 4.90 Å². The smallest absolute Gasteiger partial charge is 0.419 e. The topological polar surface area (TPSA) is 12.5 Å².